The summed E-state index contributed by atoms with van der Waals surface area (Å²) in [5, 5.41) is 13.5. The van der Waals surface area contributed by atoms with Crippen LogP contribution in [0.5, 0.6) is 11.5 Å². The molecule has 0 amide bonds. The second-order valence-electron chi connectivity index (χ2n) is 10.2. The molecule has 1 aliphatic heterocycles. The third-order valence-corrected chi connectivity index (χ3v) is 6.95. The third-order valence-electron chi connectivity index (χ3n) is 6.95. The Balaban J connectivity index is 1.24. The van der Waals surface area contributed by atoms with Crippen molar-refractivity contribution in [3.05, 3.63) is 71.6 Å². The van der Waals surface area contributed by atoms with E-state index in [-0.39, 0.29) is 23.3 Å². The first-order valence-electron chi connectivity index (χ1n) is 13.1. The topological polar surface area (TPSA) is 97.9 Å². The average Bonchev–Trinajstić information content (AvgIpc) is 3.61. The molecule has 2 aliphatic rings. The number of pyridine rings is 1. The summed E-state index contributed by atoms with van der Waals surface area (Å²) in [7, 11) is 0. The maximum absolute atomic E-state index is 13.7. The van der Waals surface area contributed by atoms with Gasteiger partial charge in [-0.25, -0.2) is 9.78 Å². The van der Waals surface area contributed by atoms with E-state index in [1.807, 2.05) is 11.0 Å². The molecule has 1 saturated carbocycles. The van der Waals surface area contributed by atoms with Crippen molar-refractivity contribution < 1.29 is 50.2 Å². The molecule has 1 aliphatic carbocycles. The number of benzene rings is 2. The number of nitrogens with zero attached hydrogens (tertiary/aromatic N) is 3. The van der Waals surface area contributed by atoms with Gasteiger partial charge in [0, 0.05) is 41.7 Å². The number of anilines is 1. The highest BCUT2D eigenvalue weighted by Crippen LogP contribution is 2.42. The number of hydrogen-bond donors (Lipinski definition) is 1. The summed E-state index contributed by atoms with van der Waals surface area (Å²) in [5.41, 5.74) is -0.172. The Kier molecular flexibility index (Phi) is 6.93. The molecule has 0 atom stereocenters. The number of aromatic carboxylic acids is 1. The van der Waals surface area contributed by atoms with Gasteiger partial charge in [-0.1, -0.05) is 29.4 Å². The SMILES string of the molecule is O=C(O)c1cc(OC2CC2)c2cc(N3CC(C=Cc4c(-c5ccccc5OC(F)(F)F)noc4C(F)(F)F)C3)ccc2n1. The van der Waals surface area contributed by atoms with Gasteiger partial charge in [-0.05, 0) is 43.2 Å². The monoisotopic (exact) mass is 605 g/mol. The van der Waals surface area contributed by atoms with E-state index in [0.29, 0.717) is 29.7 Å². The highest BCUT2D eigenvalue weighted by atomic mass is 19.4. The molecular weight excluding hydrogens is 584 g/mol. The number of carboxylic acids is 1. The second-order valence-corrected chi connectivity index (χ2v) is 10.2. The normalized spacial score (nSPS) is 16.1. The molecule has 3 heterocycles. The summed E-state index contributed by atoms with van der Waals surface area (Å²) in [5.74, 6) is -3.12. The number of hydrogen-bond acceptors (Lipinski definition) is 7. The van der Waals surface area contributed by atoms with Gasteiger partial charge in [-0.2, -0.15) is 13.2 Å². The minimum absolute atomic E-state index is 0.0188. The maximum Gasteiger partial charge on any atom is 0.573 e. The molecule has 0 spiro atoms. The molecule has 2 aromatic carbocycles. The molecule has 1 saturated heterocycles. The van der Waals surface area contributed by atoms with Crippen molar-refractivity contribution >= 4 is 28.6 Å². The van der Waals surface area contributed by atoms with Crippen LogP contribution in [0.25, 0.3) is 28.2 Å². The number of ether oxygens (including phenoxy) is 2. The quantitative estimate of drug-likeness (QED) is 0.211. The Morgan fingerprint density at radius 3 is 2.44 bits per heavy atom. The molecule has 6 rings (SSSR count). The van der Waals surface area contributed by atoms with Crippen molar-refractivity contribution in [2.24, 2.45) is 5.92 Å². The highest BCUT2D eigenvalue weighted by Gasteiger charge is 2.41. The van der Waals surface area contributed by atoms with Crippen molar-refractivity contribution in [1.29, 1.82) is 0 Å². The van der Waals surface area contributed by atoms with E-state index < -0.39 is 41.3 Å². The zero-order chi connectivity index (χ0) is 30.5. The fourth-order valence-corrected chi connectivity index (χ4v) is 4.76. The zero-order valence-electron chi connectivity index (χ0n) is 21.9. The van der Waals surface area contributed by atoms with Gasteiger partial charge in [0.15, 0.2) is 5.69 Å². The standard InChI is InChI=1S/C29H21F6N3O5/c30-28(31,32)26-19(25(37-43-26)18-3-1-2-4-23(18)42-29(33,34)35)9-5-15-13-38(14-15)16-6-10-21-20(11-16)24(41-17-7-8-17)12-22(36-21)27(39)40/h1-6,9-12,15,17H,7-8,13-14H2,(H,39,40). The van der Waals surface area contributed by atoms with E-state index in [9.17, 15) is 36.2 Å². The average molecular weight is 605 g/mol. The van der Waals surface area contributed by atoms with E-state index in [0.717, 1.165) is 36.7 Å². The van der Waals surface area contributed by atoms with Crippen LogP contribution in [0, 0.1) is 5.92 Å². The van der Waals surface area contributed by atoms with Gasteiger partial charge < -0.3 is 24.0 Å². The molecule has 43 heavy (non-hydrogen) atoms. The minimum Gasteiger partial charge on any atom is -0.490 e. The van der Waals surface area contributed by atoms with Crippen LogP contribution in [0.2, 0.25) is 0 Å². The summed E-state index contributed by atoms with van der Waals surface area (Å²) in [6, 6.07) is 11.4. The fourth-order valence-electron chi connectivity index (χ4n) is 4.76. The summed E-state index contributed by atoms with van der Waals surface area (Å²) in [6.07, 6.45) is -5.58. The van der Waals surface area contributed by atoms with Crippen molar-refractivity contribution in [3.63, 3.8) is 0 Å². The Morgan fingerprint density at radius 2 is 1.77 bits per heavy atom. The zero-order valence-corrected chi connectivity index (χ0v) is 21.9. The fraction of sp³-hybridized carbons (Fsp3) is 0.276. The van der Waals surface area contributed by atoms with Crippen molar-refractivity contribution in [1.82, 2.24) is 10.1 Å². The van der Waals surface area contributed by atoms with Crippen LogP contribution in [0.3, 0.4) is 0 Å². The molecule has 2 fully saturated rings. The van der Waals surface area contributed by atoms with E-state index >= 15 is 0 Å². The van der Waals surface area contributed by atoms with Gasteiger partial charge in [0.1, 0.15) is 17.2 Å². The molecule has 2 aromatic heterocycles. The number of para-hydroxylation sites is 1. The number of fused-ring (bicyclic) bond motifs is 1. The maximum atomic E-state index is 13.7. The summed E-state index contributed by atoms with van der Waals surface area (Å²) < 4.78 is 94.5. The molecule has 1 N–H and O–H groups in total. The lowest BCUT2D eigenvalue weighted by atomic mass is 9.96. The molecule has 8 nitrogen and oxygen atoms in total. The predicted octanol–water partition coefficient (Wildman–Crippen LogP) is 7.20. The summed E-state index contributed by atoms with van der Waals surface area (Å²) in [4.78, 5) is 17.6. The van der Waals surface area contributed by atoms with E-state index in [2.05, 4.69) is 19.4 Å². The Morgan fingerprint density at radius 1 is 1.02 bits per heavy atom. The molecule has 4 aromatic rings. The summed E-state index contributed by atoms with van der Waals surface area (Å²) >= 11 is 0. The van der Waals surface area contributed by atoms with Gasteiger partial charge in [0.2, 0.25) is 5.76 Å². The lowest BCUT2D eigenvalue weighted by molar-refractivity contribution is -0.274. The Hall–Kier alpha value is -4.75. The summed E-state index contributed by atoms with van der Waals surface area (Å²) in [6.45, 7) is 0.856. The Bertz CT molecular complexity index is 1720. The first-order chi connectivity index (χ1) is 20.4. The van der Waals surface area contributed by atoms with Crippen LogP contribution in [-0.4, -0.2) is 46.8 Å². The van der Waals surface area contributed by atoms with Crippen molar-refractivity contribution in [2.45, 2.75) is 31.5 Å². The largest absolute Gasteiger partial charge is 0.573 e. The third kappa shape index (κ3) is 6.08. The molecule has 0 bridgehead atoms. The lowest BCUT2D eigenvalue weighted by Crippen LogP contribution is -2.45. The van der Waals surface area contributed by atoms with Gasteiger partial charge in [0.25, 0.3) is 0 Å². The van der Waals surface area contributed by atoms with E-state index in [1.54, 1.807) is 12.1 Å². The lowest BCUT2D eigenvalue weighted by Gasteiger charge is -2.39. The van der Waals surface area contributed by atoms with Crippen LogP contribution in [0.1, 0.15) is 34.7 Å². The number of halogens is 6. The minimum atomic E-state index is -5.07. The number of carboxylic acid groups (broad SMARTS) is 1. The smallest absolute Gasteiger partial charge is 0.490 e. The van der Waals surface area contributed by atoms with Gasteiger partial charge in [-0.15, -0.1) is 13.2 Å². The van der Waals surface area contributed by atoms with E-state index in [4.69, 9.17) is 4.74 Å². The van der Waals surface area contributed by atoms with Gasteiger partial charge >= 0.3 is 18.5 Å². The van der Waals surface area contributed by atoms with Crippen LogP contribution in [-0.2, 0) is 6.18 Å². The number of aromatic nitrogens is 2. The predicted molar refractivity (Wildman–Crippen MR) is 141 cm³/mol. The first-order valence-corrected chi connectivity index (χ1v) is 13.1. The van der Waals surface area contributed by atoms with Crippen LogP contribution >= 0.6 is 0 Å². The van der Waals surface area contributed by atoms with Gasteiger partial charge in [0.05, 0.1) is 17.2 Å². The Labute approximate surface area is 239 Å². The number of carbonyl (C=O) groups is 1. The second kappa shape index (κ2) is 10.5. The molecule has 224 valence electrons. The first kappa shape index (κ1) is 28.4. The molecule has 14 heteroatoms. The molecule has 0 unspecified atom stereocenters. The highest BCUT2D eigenvalue weighted by molar-refractivity contribution is 5.94. The van der Waals surface area contributed by atoms with Crippen LogP contribution in [0.15, 0.2) is 59.1 Å². The van der Waals surface area contributed by atoms with Crippen molar-refractivity contribution in [2.75, 3.05) is 18.0 Å². The number of alkyl halides is 6. The van der Waals surface area contributed by atoms with Crippen molar-refractivity contribution in [3.8, 4) is 22.8 Å². The number of rotatable bonds is 8. The van der Waals surface area contributed by atoms with E-state index in [1.165, 1.54) is 24.3 Å². The molecule has 0 radical (unpaired) electrons. The van der Waals surface area contributed by atoms with Crippen LogP contribution in [0.4, 0.5) is 32.0 Å². The van der Waals surface area contributed by atoms with Crippen LogP contribution < -0.4 is 14.4 Å². The van der Waals surface area contributed by atoms with Gasteiger partial charge in [-0.3, -0.25) is 0 Å². The molecular formula is C29H21F6N3O5.